The molecule has 2 N–H and O–H groups in total. The molecule has 0 saturated carbocycles. The van der Waals surface area contributed by atoms with Gasteiger partial charge in [0.1, 0.15) is 17.1 Å². The van der Waals surface area contributed by atoms with Crippen molar-refractivity contribution in [1.82, 2.24) is 9.88 Å². The Morgan fingerprint density at radius 1 is 0.943 bits per heavy atom. The number of halogens is 1. The molecule has 0 atom stereocenters. The maximum absolute atomic E-state index is 13.8. The number of nitrogen functional groups attached to an aromatic ring is 1. The summed E-state index contributed by atoms with van der Waals surface area (Å²) in [6, 6.07) is 9.29. The van der Waals surface area contributed by atoms with E-state index in [0.717, 1.165) is 4.90 Å². The lowest BCUT2D eigenvalue weighted by Crippen LogP contribution is -2.51. The van der Waals surface area contributed by atoms with Crippen LogP contribution >= 0.6 is 0 Å². The molecule has 0 fully saturated rings. The van der Waals surface area contributed by atoms with Gasteiger partial charge in [0, 0.05) is 11.6 Å². The molecule has 8 heteroatoms. The summed E-state index contributed by atoms with van der Waals surface area (Å²) in [7, 11) is -2.50. The average molecular weight is 494 g/mol. The molecular weight excluding hydrogens is 461 g/mol. The predicted octanol–water partition coefficient (Wildman–Crippen LogP) is 6.31. The van der Waals surface area contributed by atoms with Gasteiger partial charge in [0.05, 0.1) is 23.4 Å². The lowest BCUT2D eigenvalue weighted by atomic mass is 10.0. The summed E-state index contributed by atoms with van der Waals surface area (Å²) in [5, 5.41) is 0.588. The monoisotopic (exact) mass is 493 g/mol. The predicted molar refractivity (Wildman–Crippen MR) is 138 cm³/mol. The lowest BCUT2D eigenvalue weighted by Gasteiger charge is -2.42. The topological polar surface area (TPSA) is 85.5 Å². The molecule has 0 unspecified atom stereocenters. The number of anilines is 1. The molecule has 2 heterocycles. The Labute approximate surface area is 206 Å². The van der Waals surface area contributed by atoms with Gasteiger partial charge in [-0.3, -0.25) is 19.5 Å². The summed E-state index contributed by atoms with van der Waals surface area (Å²) in [6.45, 7) is 13.0. The van der Waals surface area contributed by atoms with Crippen molar-refractivity contribution < 1.29 is 18.4 Å². The van der Waals surface area contributed by atoms with Crippen LogP contribution in [-0.4, -0.2) is 30.0 Å². The van der Waals surface area contributed by atoms with Gasteiger partial charge in [-0.2, -0.15) is 0 Å². The second-order valence-electron chi connectivity index (χ2n) is 10.1. The van der Waals surface area contributed by atoms with Gasteiger partial charge in [0.25, 0.3) is 20.1 Å². The van der Waals surface area contributed by atoms with Gasteiger partial charge < -0.3 is 10.2 Å². The average Bonchev–Trinajstić information content (AvgIpc) is 3.05. The molecule has 1 aliphatic rings. The third-order valence-electron chi connectivity index (χ3n) is 7.22. The second kappa shape index (κ2) is 9.07. The minimum Gasteiger partial charge on any atom is -0.541 e. The van der Waals surface area contributed by atoms with Crippen LogP contribution in [0.2, 0.25) is 16.6 Å². The van der Waals surface area contributed by atoms with Gasteiger partial charge in [-0.15, -0.1) is 0 Å². The van der Waals surface area contributed by atoms with Crippen molar-refractivity contribution in [2.45, 2.75) is 64.7 Å². The Morgan fingerprint density at radius 3 is 2.09 bits per heavy atom. The van der Waals surface area contributed by atoms with E-state index < -0.39 is 20.1 Å². The summed E-state index contributed by atoms with van der Waals surface area (Å²) in [6.07, 6.45) is 1.64. The normalized spacial score (nSPS) is 14.1. The minimum atomic E-state index is -2.50. The van der Waals surface area contributed by atoms with Crippen molar-refractivity contribution in [2.24, 2.45) is 0 Å². The van der Waals surface area contributed by atoms with Gasteiger partial charge in [0.15, 0.2) is 0 Å². The van der Waals surface area contributed by atoms with Gasteiger partial charge in [-0.05, 0) is 46.5 Å². The molecular formula is C27H32FN3O3Si. The van der Waals surface area contributed by atoms with Gasteiger partial charge >= 0.3 is 0 Å². The number of nitrogens with two attached hydrogens (primary N) is 1. The van der Waals surface area contributed by atoms with Crippen LogP contribution in [0.15, 0.2) is 42.6 Å². The number of rotatable bonds is 7. The standard InChI is InChI=1S/C27H32FN3O3Si/c1-15(2)35(16(3)4,17(5)6)34-25-22-21(23(29)20-8-7-13-30-24(20)25)26(32)31(27(22)33)14-18-9-11-19(28)12-10-18/h7-13,15-17H,14,29H2,1-6H3. The molecule has 6 nitrogen and oxygen atoms in total. The zero-order chi connectivity index (χ0) is 25.7. The summed E-state index contributed by atoms with van der Waals surface area (Å²) in [4.78, 5) is 33.0. The van der Waals surface area contributed by atoms with E-state index in [1.54, 1.807) is 30.5 Å². The molecule has 0 radical (unpaired) electrons. The number of imide groups is 1. The van der Waals surface area contributed by atoms with Gasteiger partial charge in [0.2, 0.25) is 0 Å². The Kier molecular flexibility index (Phi) is 6.44. The summed E-state index contributed by atoms with van der Waals surface area (Å²) < 4.78 is 20.4. The lowest BCUT2D eigenvalue weighted by molar-refractivity contribution is 0.0642. The first kappa shape index (κ1) is 24.8. The van der Waals surface area contributed by atoms with Gasteiger partial charge in [-0.1, -0.05) is 53.7 Å². The van der Waals surface area contributed by atoms with Crippen LogP contribution in [0.3, 0.4) is 0 Å². The second-order valence-corrected chi connectivity index (χ2v) is 15.5. The van der Waals surface area contributed by atoms with Crippen LogP contribution in [-0.2, 0) is 6.54 Å². The molecule has 35 heavy (non-hydrogen) atoms. The quantitative estimate of drug-likeness (QED) is 0.237. The van der Waals surface area contributed by atoms with Crippen molar-refractivity contribution in [2.75, 3.05) is 5.73 Å². The maximum atomic E-state index is 13.8. The fourth-order valence-electron chi connectivity index (χ4n) is 5.64. The van der Waals surface area contributed by atoms with Crippen LogP contribution in [0.25, 0.3) is 10.9 Å². The summed E-state index contributed by atoms with van der Waals surface area (Å²) >= 11 is 0. The smallest absolute Gasteiger partial charge is 0.265 e. The first-order chi connectivity index (χ1) is 16.5. The molecule has 1 aliphatic heterocycles. The highest BCUT2D eigenvalue weighted by molar-refractivity contribution is 6.78. The zero-order valence-corrected chi connectivity index (χ0v) is 22.1. The van der Waals surface area contributed by atoms with Crippen LogP contribution in [0.1, 0.15) is 67.8 Å². The molecule has 2 aromatic carbocycles. The number of amides is 2. The van der Waals surface area contributed by atoms with Crippen LogP contribution < -0.4 is 10.2 Å². The number of benzene rings is 2. The number of hydrogen-bond acceptors (Lipinski definition) is 5. The van der Waals surface area contributed by atoms with Crippen LogP contribution in [0.5, 0.6) is 5.75 Å². The van der Waals surface area contributed by atoms with E-state index in [0.29, 0.717) is 22.2 Å². The number of carbonyl (C=O) groups excluding carboxylic acids is 2. The van der Waals surface area contributed by atoms with Crippen molar-refractivity contribution in [3.05, 3.63) is 65.1 Å². The maximum Gasteiger partial charge on any atom is 0.265 e. The highest BCUT2D eigenvalue weighted by Crippen LogP contribution is 2.48. The number of nitrogens with zero attached hydrogens (tertiary/aromatic N) is 2. The van der Waals surface area contributed by atoms with Crippen molar-refractivity contribution in [1.29, 1.82) is 0 Å². The molecule has 1 aromatic heterocycles. The number of carbonyl (C=O) groups is 2. The molecule has 0 bridgehead atoms. The van der Waals surface area contributed by atoms with E-state index >= 15 is 0 Å². The van der Waals surface area contributed by atoms with Crippen LogP contribution in [0.4, 0.5) is 10.1 Å². The molecule has 4 rings (SSSR count). The first-order valence-corrected chi connectivity index (χ1v) is 14.1. The van der Waals surface area contributed by atoms with E-state index in [9.17, 15) is 14.0 Å². The first-order valence-electron chi connectivity index (χ1n) is 12.0. The molecule has 0 spiro atoms. The fourth-order valence-corrected chi connectivity index (χ4v) is 10.9. The van der Waals surface area contributed by atoms with Crippen molar-refractivity contribution in [3.63, 3.8) is 0 Å². The minimum absolute atomic E-state index is 0.0103. The summed E-state index contributed by atoms with van der Waals surface area (Å²) in [5.74, 6) is -0.977. The molecule has 0 aliphatic carbocycles. The van der Waals surface area contributed by atoms with E-state index in [2.05, 4.69) is 46.5 Å². The largest absolute Gasteiger partial charge is 0.541 e. The number of hydrogen-bond donors (Lipinski definition) is 1. The number of aromatic nitrogens is 1. The molecule has 184 valence electrons. The van der Waals surface area contributed by atoms with Crippen LogP contribution in [0, 0.1) is 5.82 Å². The zero-order valence-electron chi connectivity index (χ0n) is 21.1. The van der Waals surface area contributed by atoms with Crippen molar-refractivity contribution in [3.8, 4) is 5.75 Å². The van der Waals surface area contributed by atoms with E-state index in [1.165, 1.54) is 12.1 Å². The number of fused-ring (bicyclic) bond motifs is 2. The number of pyridine rings is 1. The highest BCUT2D eigenvalue weighted by Gasteiger charge is 2.50. The Hall–Kier alpha value is -3.26. The SMILES string of the molecule is CC(C)[Si](Oc1c2c(c(N)c3cccnc13)C(=O)N(Cc1ccc(F)cc1)C2=O)(C(C)C)C(C)C. The fraction of sp³-hybridized carbons (Fsp3) is 0.370. The van der Waals surface area contributed by atoms with E-state index in [1.807, 2.05) is 0 Å². The third-order valence-corrected chi connectivity index (χ3v) is 13.2. The Balaban J connectivity index is 1.94. The highest BCUT2D eigenvalue weighted by atomic mass is 28.4. The molecule has 0 saturated heterocycles. The molecule has 2 amide bonds. The summed E-state index contributed by atoms with van der Waals surface area (Å²) in [5.41, 5.74) is 8.91. The van der Waals surface area contributed by atoms with E-state index in [4.69, 9.17) is 10.2 Å². The van der Waals surface area contributed by atoms with Gasteiger partial charge in [-0.25, -0.2) is 4.39 Å². The molecule has 3 aromatic rings. The van der Waals surface area contributed by atoms with Crippen molar-refractivity contribution >= 4 is 36.7 Å². The third kappa shape index (κ3) is 3.89. The van der Waals surface area contributed by atoms with E-state index in [-0.39, 0.29) is 45.8 Å². The Morgan fingerprint density at radius 2 is 1.51 bits per heavy atom. The Bertz CT molecular complexity index is 1280.